The van der Waals surface area contributed by atoms with Gasteiger partial charge in [0.25, 0.3) is 5.91 Å². The first-order valence-corrected chi connectivity index (χ1v) is 6.95. The summed E-state index contributed by atoms with van der Waals surface area (Å²) < 4.78 is 0.921. The van der Waals surface area contributed by atoms with Gasteiger partial charge in [0.2, 0.25) is 5.91 Å². The SMILES string of the molecule is CN1CCCN(C(=O)c2ccccc2I)CC1=O. The average molecular weight is 358 g/mol. The van der Waals surface area contributed by atoms with Crippen molar-refractivity contribution in [3.05, 3.63) is 33.4 Å². The molecule has 2 amide bonds. The summed E-state index contributed by atoms with van der Waals surface area (Å²) in [5, 5.41) is 0. The number of carbonyl (C=O) groups is 2. The standard InChI is InChI=1S/C13H15IN2O2/c1-15-7-4-8-16(9-12(15)17)13(18)10-5-2-3-6-11(10)14/h2-3,5-6H,4,7-9H2,1H3. The Bertz CT molecular complexity index is 476. The van der Waals surface area contributed by atoms with Crippen LogP contribution in [0.15, 0.2) is 24.3 Å². The molecule has 1 heterocycles. The molecule has 0 N–H and O–H groups in total. The summed E-state index contributed by atoms with van der Waals surface area (Å²) in [7, 11) is 1.78. The van der Waals surface area contributed by atoms with Gasteiger partial charge >= 0.3 is 0 Å². The fourth-order valence-corrected chi connectivity index (χ4v) is 2.58. The average Bonchev–Trinajstić information content (AvgIpc) is 2.52. The van der Waals surface area contributed by atoms with Crippen LogP contribution >= 0.6 is 22.6 Å². The number of halogens is 1. The smallest absolute Gasteiger partial charge is 0.255 e. The summed E-state index contributed by atoms with van der Waals surface area (Å²) in [6.07, 6.45) is 0.831. The first-order valence-electron chi connectivity index (χ1n) is 5.87. The summed E-state index contributed by atoms with van der Waals surface area (Å²) in [6.45, 7) is 1.54. The van der Waals surface area contributed by atoms with Crippen molar-refractivity contribution in [1.82, 2.24) is 9.80 Å². The second-order valence-electron chi connectivity index (χ2n) is 4.38. The lowest BCUT2D eigenvalue weighted by Crippen LogP contribution is -2.38. The van der Waals surface area contributed by atoms with E-state index in [1.54, 1.807) is 16.8 Å². The molecule has 0 aromatic heterocycles. The normalized spacial score (nSPS) is 16.7. The van der Waals surface area contributed by atoms with Crippen molar-refractivity contribution in [3.63, 3.8) is 0 Å². The lowest BCUT2D eigenvalue weighted by atomic mass is 10.2. The van der Waals surface area contributed by atoms with Gasteiger partial charge in [0, 0.05) is 23.7 Å². The van der Waals surface area contributed by atoms with Crippen LogP contribution in [0.4, 0.5) is 0 Å². The molecule has 0 unspecified atom stereocenters. The lowest BCUT2D eigenvalue weighted by molar-refractivity contribution is -0.129. The van der Waals surface area contributed by atoms with E-state index in [1.807, 2.05) is 24.3 Å². The molecule has 0 spiro atoms. The third-order valence-corrected chi connectivity index (χ3v) is 4.01. The summed E-state index contributed by atoms with van der Waals surface area (Å²) >= 11 is 2.15. The number of nitrogens with zero attached hydrogens (tertiary/aromatic N) is 2. The van der Waals surface area contributed by atoms with Crippen molar-refractivity contribution < 1.29 is 9.59 Å². The van der Waals surface area contributed by atoms with E-state index >= 15 is 0 Å². The Labute approximate surface area is 120 Å². The molecule has 0 atom stereocenters. The van der Waals surface area contributed by atoms with Gasteiger partial charge in [-0.3, -0.25) is 9.59 Å². The van der Waals surface area contributed by atoms with E-state index in [1.165, 1.54) is 0 Å². The quantitative estimate of drug-likeness (QED) is 0.716. The monoisotopic (exact) mass is 358 g/mol. The summed E-state index contributed by atoms with van der Waals surface area (Å²) in [5.74, 6) is -0.0459. The maximum absolute atomic E-state index is 12.4. The van der Waals surface area contributed by atoms with Crippen LogP contribution in [0, 0.1) is 3.57 Å². The van der Waals surface area contributed by atoms with E-state index < -0.39 is 0 Å². The highest BCUT2D eigenvalue weighted by Crippen LogP contribution is 2.15. The Kier molecular flexibility index (Phi) is 4.21. The number of hydrogen-bond donors (Lipinski definition) is 0. The molecular formula is C13H15IN2O2. The molecule has 2 rings (SSSR count). The molecule has 1 aliphatic rings. The van der Waals surface area contributed by atoms with E-state index in [0.29, 0.717) is 18.7 Å². The number of rotatable bonds is 1. The molecule has 96 valence electrons. The van der Waals surface area contributed by atoms with Gasteiger partial charge in [-0.25, -0.2) is 0 Å². The van der Waals surface area contributed by atoms with E-state index in [9.17, 15) is 9.59 Å². The molecule has 5 heteroatoms. The van der Waals surface area contributed by atoms with Crippen LogP contribution in [-0.4, -0.2) is 48.3 Å². The highest BCUT2D eigenvalue weighted by molar-refractivity contribution is 14.1. The van der Waals surface area contributed by atoms with Crippen LogP contribution in [0.3, 0.4) is 0 Å². The Morgan fingerprint density at radius 2 is 2.00 bits per heavy atom. The zero-order valence-corrected chi connectivity index (χ0v) is 12.4. The highest BCUT2D eigenvalue weighted by atomic mass is 127. The van der Waals surface area contributed by atoms with Crippen LogP contribution in [0.2, 0.25) is 0 Å². The van der Waals surface area contributed by atoms with Crippen LogP contribution < -0.4 is 0 Å². The predicted octanol–water partition coefficient (Wildman–Crippen LogP) is 1.60. The first kappa shape index (κ1) is 13.3. The topological polar surface area (TPSA) is 40.6 Å². The van der Waals surface area contributed by atoms with Crippen molar-refractivity contribution in [2.24, 2.45) is 0 Å². The first-order chi connectivity index (χ1) is 8.59. The van der Waals surface area contributed by atoms with E-state index in [-0.39, 0.29) is 18.4 Å². The van der Waals surface area contributed by atoms with Gasteiger partial charge in [0.05, 0.1) is 5.56 Å². The van der Waals surface area contributed by atoms with E-state index in [0.717, 1.165) is 9.99 Å². The van der Waals surface area contributed by atoms with Gasteiger partial charge in [0.1, 0.15) is 6.54 Å². The second kappa shape index (κ2) is 5.69. The minimum absolute atomic E-state index is 0.00629. The minimum Gasteiger partial charge on any atom is -0.344 e. The molecule has 4 nitrogen and oxygen atoms in total. The van der Waals surface area contributed by atoms with E-state index in [4.69, 9.17) is 0 Å². The summed E-state index contributed by atoms with van der Waals surface area (Å²) in [4.78, 5) is 27.5. The second-order valence-corrected chi connectivity index (χ2v) is 5.54. The molecule has 0 saturated carbocycles. The molecule has 0 bridgehead atoms. The van der Waals surface area contributed by atoms with Gasteiger partial charge in [-0.15, -0.1) is 0 Å². The van der Waals surface area contributed by atoms with Gasteiger partial charge in [-0.05, 0) is 41.1 Å². The molecule has 1 aliphatic heterocycles. The van der Waals surface area contributed by atoms with E-state index in [2.05, 4.69) is 22.6 Å². The predicted molar refractivity (Wildman–Crippen MR) is 77.3 cm³/mol. The third kappa shape index (κ3) is 2.82. The molecule has 1 aromatic carbocycles. The van der Waals surface area contributed by atoms with Gasteiger partial charge in [-0.1, -0.05) is 12.1 Å². The molecule has 1 fully saturated rings. The van der Waals surface area contributed by atoms with Crippen LogP contribution in [0.1, 0.15) is 16.8 Å². The molecule has 18 heavy (non-hydrogen) atoms. The van der Waals surface area contributed by atoms with Gasteiger partial charge in [-0.2, -0.15) is 0 Å². The van der Waals surface area contributed by atoms with Crippen LogP contribution in [-0.2, 0) is 4.79 Å². The zero-order valence-electron chi connectivity index (χ0n) is 10.2. The minimum atomic E-state index is -0.0522. The third-order valence-electron chi connectivity index (χ3n) is 3.06. The number of hydrogen-bond acceptors (Lipinski definition) is 2. The van der Waals surface area contributed by atoms with Crippen molar-refractivity contribution in [2.45, 2.75) is 6.42 Å². The maximum Gasteiger partial charge on any atom is 0.255 e. The van der Waals surface area contributed by atoms with Gasteiger partial charge < -0.3 is 9.80 Å². The van der Waals surface area contributed by atoms with Crippen LogP contribution in [0.5, 0.6) is 0 Å². The molecule has 1 saturated heterocycles. The molecule has 0 radical (unpaired) electrons. The van der Waals surface area contributed by atoms with Crippen LogP contribution in [0.25, 0.3) is 0 Å². The largest absolute Gasteiger partial charge is 0.344 e. The maximum atomic E-state index is 12.4. The number of amides is 2. The zero-order chi connectivity index (χ0) is 13.1. The summed E-state index contributed by atoms with van der Waals surface area (Å²) in [6, 6.07) is 7.46. The Morgan fingerprint density at radius 1 is 1.28 bits per heavy atom. The summed E-state index contributed by atoms with van der Waals surface area (Å²) in [5.41, 5.74) is 0.676. The number of benzene rings is 1. The molecular weight excluding hydrogens is 343 g/mol. The highest BCUT2D eigenvalue weighted by Gasteiger charge is 2.24. The molecule has 0 aliphatic carbocycles. The van der Waals surface area contributed by atoms with Crippen molar-refractivity contribution in [1.29, 1.82) is 0 Å². The lowest BCUT2D eigenvalue weighted by Gasteiger charge is -2.20. The number of likely N-dealkylation sites (N-methyl/N-ethyl adjacent to an activating group) is 1. The van der Waals surface area contributed by atoms with Crippen molar-refractivity contribution >= 4 is 34.4 Å². The Hall–Kier alpha value is -1.11. The number of carbonyl (C=O) groups excluding carboxylic acids is 2. The Balaban J connectivity index is 2.19. The molecule has 1 aromatic rings. The van der Waals surface area contributed by atoms with Gasteiger partial charge in [0.15, 0.2) is 0 Å². The fraction of sp³-hybridized carbons (Fsp3) is 0.385. The Morgan fingerprint density at radius 3 is 2.72 bits per heavy atom. The van der Waals surface area contributed by atoms with Crippen molar-refractivity contribution in [3.8, 4) is 0 Å². The van der Waals surface area contributed by atoms with Crippen molar-refractivity contribution in [2.75, 3.05) is 26.7 Å². The fourth-order valence-electron chi connectivity index (χ4n) is 1.96.